The van der Waals surface area contributed by atoms with E-state index in [1.165, 1.54) is 0 Å². The number of fused-ring (bicyclic) bond motifs is 1. The topological polar surface area (TPSA) is 66.8 Å². The van der Waals surface area contributed by atoms with Crippen LogP contribution >= 0.6 is 11.6 Å². The number of halogens is 1. The zero-order chi connectivity index (χ0) is 17.9. The van der Waals surface area contributed by atoms with Crippen LogP contribution in [-0.4, -0.2) is 34.7 Å². The van der Waals surface area contributed by atoms with Crippen LogP contribution in [-0.2, 0) is 14.3 Å². The zero-order valence-corrected chi connectivity index (χ0v) is 14.4. The molecule has 0 radical (unpaired) electrons. The number of hydrogen-bond donors (Lipinski definition) is 1. The Hall–Kier alpha value is -2.11. The summed E-state index contributed by atoms with van der Waals surface area (Å²) in [5.41, 5.74) is 0.628. The van der Waals surface area contributed by atoms with Crippen molar-refractivity contribution in [3.05, 3.63) is 53.6 Å². The standard InChI is InChI=1S/C19H18ClNO4/c1-10(2)8-14-19-7-6-13(25-19)15(18(23)24)16(19)17(22)21(14)12-5-3-4-11(20)9-12/h3-7,9,13-16H,1,8H2,2H3,(H,23,24)/t13-,14+,15+,16-,19+/m1/s1. The predicted molar refractivity (Wildman–Crippen MR) is 93.5 cm³/mol. The number of carboxylic acids is 1. The highest BCUT2D eigenvalue weighted by atomic mass is 35.5. The zero-order valence-electron chi connectivity index (χ0n) is 13.7. The highest BCUT2D eigenvalue weighted by Crippen LogP contribution is 2.56. The molecule has 0 saturated carbocycles. The lowest BCUT2D eigenvalue weighted by Crippen LogP contribution is -2.45. The second kappa shape index (κ2) is 5.44. The van der Waals surface area contributed by atoms with Gasteiger partial charge in [0.05, 0.1) is 18.1 Å². The Morgan fingerprint density at radius 2 is 2.24 bits per heavy atom. The van der Waals surface area contributed by atoms with Gasteiger partial charge < -0.3 is 14.7 Å². The van der Waals surface area contributed by atoms with Gasteiger partial charge in [0.15, 0.2) is 0 Å². The Bertz CT molecular complexity index is 819. The van der Waals surface area contributed by atoms with Crippen molar-refractivity contribution in [1.82, 2.24) is 0 Å². The van der Waals surface area contributed by atoms with Gasteiger partial charge in [-0.05, 0) is 31.5 Å². The molecule has 25 heavy (non-hydrogen) atoms. The van der Waals surface area contributed by atoms with E-state index in [1.807, 2.05) is 13.0 Å². The average molecular weight is 360 g/mol. The van der Waals surface area contributed by atoms with Crippen molar-refractivity contribution < 1.29 is 19.4 Å². The maximum Gasteiger partial charge on any atom is 0.310 e. The summed E-state index contributed by atoms with van der Waals surface area (Å²) in [5.74, 6) is -2.83. The minimum absolute atomic E-state index is 0.229. The second-order valence-corrected chi connectivity index (χ2v) is 7.44. The van der Waals surface area contributed by atoms with Gasteiger partial charge in [0.1, 0.15) is 11.5 Å². The highest BCUT2D eigenvalue weighted by molar-refractivity contribution is 6.31. The van der Waals surface area contributed by atoms with Gasteiger partial charge in [-0.2, -0.15) is 0 Å². The van der Waals surface area contributed by atoms with Crippen molar-refractivity contribution in [3.8, 4) is 0 Å². The van der Waals surface area contributed by atoms with Crippen LogP contribution in [0.1, 0.15) is 13.3 Å². The van der Waals surface area contributed by atoms with Crippen molar-refractivity contribution >= 4 is 29.2 Å². The van der Waals surface area contributed by atoms with Crippen molar-refractivity contribution in [3.63, 3.8) is 0 Å². The number of amides is 1. The second-order valence-electron chi connectivity index (χ2n) is 7.00. The predicted octanol–water partition coefficient (Wildman–Crippen LogP) is 3.05. The lowest BCUT2D eigenvalue weighted by molar-refractivity contribution is -0.146. The summed E-state index contributed by atoms with van der Waals surface area (Å²) >= 11 is 6.11. The fourth-order valence-corrected chi connectivity index (χ4v) is 4.63. The Labute approximate surface area is 150 Å². The Kier molecular flexibility index (Phi) is 3.56. The average Bonchev–Trinajstić information content (AvgIpc) is 3.16. The number of anilines is 1. The molecule has 1 spiro atoms. The Morgan fingerprint density at radius 3 is 2.88 bits per heavy atom. The molecular weight excluding hydrogens is 342 g/mol. The summed E-state index contributed by atoms with van der Waals surface area (Å²) in [7, 11) is 0. The van der Waals surface area contributed by atoms with Crippen molar-refractivity contribution in [2.75, 3.05) is 4.90 Å². The largest absolute Gasteiger partial charge is 0.481 e. The molecule has 1 N–H and O–H groups in total. The number of ether oxygens (including phenoxy) is 1. The van der Waals surface area contributed by atoms with Crippen LogP contribution in [0.2, 0.25) is 5.02 Å². The minimum Gasteiger partial charge on any atom is -0.481 e. The first kappa shape index (κ1) is 16.4. The molecule has 1 amide bonds. The van der Waals surface area contributed by atoms with Gasteiger partial charge in [-0.1, -0.05) is 35.4 Å². The van der Waals surface area contributed by atoms with E-state index in [0.29, 0.717) is 17.1 Å². The summed E-state index contributed by atoms with van der Waals surface area (Å²) in [5, 5.41) is 10.2. The number of hydrogen-bond acceptors (Lipinski definition) is 3. The number of rotatable bonds is 4. The third-order valence-corrected chi connectivity index (χ3v) is 5.57. The maximum atomic E-state index is 13.3. The fraction of sp³-hybridized carbons (Fsp3) is 0.368. The molecule has 3 aliphatic heterocycles. The molecule has 0 aliphatic carbocycles. The summed E-state index contributed by atoms with van der Waals surface area (Å²) in [4.78, 5) is 26.7. The monoisotopic (exact) mass is 359 g/mol. The van der Waals surface area contributed by atoms with E-state index in [1.54, 1.807) is 35.2 Å². The number of carbonyl (C=O) groups is 2. The first-order valence-corrected chi connectivity index (χ1v) is 8.56. The van der Waals surface area contributed by atoms with E-state index < -0.39 is 29.5 Å². The molecule has 2 fully saturated rings. The van der Waals surface area contributed by atoms with Crippen molar-refractivity contribution in [1.29, 1.82) is 0 Å². The van der Waals surface area contributed by atoms with Crippen molar-refractivity contribution in [2.45, 2.75) is 31.1 Å². The maximum absolute atomic E-state index is 13.3. The summed E-state index contributed by atoms with van der Waals surface area (Å²) in [6, 6.07) is 6.69. The first-order valence-electron chi connectivity index (χ1n) is 8.18. The van der Waals surface area contributed by atoms with Crippen molar-refractivity contribution in [2.24, 2.45) is 11.8 Å². The van der Waals surface area contributed by atoms with E-state index in [0.717, 1.165) is 5.57 Å². The summed E-state index contributed by atoms with van der Waals surface area (Å²) in [6.07, 6.45) is 3.62. The van der Waals surface area contributed by atoms with Gasteiger partial charge >= 0.3 is 5.97 Å². The van der Waals surface area contributed by atoms with Crippen LogP contribution in [0.4, 0.5) is 5.69 Å². The van der Waals surface area contributed by atoms with Gasteiger partial charge in [0.2, 0.25) is 5.91 Å². The number of carbonyl (C=O) groups excluding carboxylic acids is 1. The van der Waals surface area contributed by atoms with Crippen LogP contribution < -0.4 is 4.90 Å². The van der Waals surface area contributed by atoms with Crippen LogP contribution in [0.25, 0.3) is 0 Å². The number of benzene rings is 1. The van der Waals surface area contributed by atoms with Gasteiger partial charge in [0.25, 0.3) is 0 Å². The van der Waals surface area contributed by atoms with E-state index in [4.69, 9.17) is 16.3 Å². The van der Waals surface area contributed by atoms with Crippen LogP contribution in [0, 0.1) is 11.8 Å². The SMILES string of the molecule is C=C(C)C[C@@H]1N(c2cccc(Cl)c2)C(=O)[C@H]2[C@@H](C(=O)O)[C@H]3C=C[C@]12O3. The van der Waals surface area contributed by atoms with Crippen LogP contribution in [0.5, 0.6) is 0 Å². The fourth-order valence-electron chi connectivity index (χ4n) is 4.45. The Balaban J connectivity index is 1.85. The smallest absolute Gasteiger partial charge is 0.310 e. The van der Waals surface area contributed by atoms with Crippen LogP contribution in [0.15, 0.2) is 48.6 Å². The minimum atomic E-state index is -1.00. The first-order chi connectivity index (χ1) is 11.8. The molecule has 3 aliphatic rings. The quantitative estimate of drug-likeness (QED) is 0.839. The van der Waals surface area contributed by atoms with Gasteiger partial charge in [-0.3, -0.25) is 9.59 Å². The molecule has 2 bridgehead atoms. The molecular formula is C19H18ClNO4. The van der Waals surface area contributed by atoms with E-state index in [-0.39, 0.29) is 11.9 Å². The van der Waals surface area contributed by atoms with E-state index in [2.05, 4.69) is 6.58 Å². The molecule has 6 heteroatoms. The lowest BCUT2D eigenvalue weighted by atomic mass is 9.74. The molecule has 0 unspecified atom stereocenters. The number of nitrogens with zero attached hydrogens (tertiary/aromatic N) is 1. The molecule has 2 saturated heterocycles. The Morgan fingerprint density at radius 1 is 1.48 bits per heavy atom. The molecule has 1 aromatic rings. The normalized spacial score (nSPS) is 35.3. The van der Waals surface area contributed by atoms with Gasteiger partial charge in [-0.25, -0.2) is 0 Å². The summed E-state index contributed by atoms with van der Waals surface area (Å²) in [6.45, 7) is 5.87. The molecule has 1 aromatic carbocycles. The van der Waals surface area contributed by atoms with Gasteiger partial charge in [0, 0.05) is 10.7 Å². The molecule has 3 heterocycles. The van der Waals surface area contributed by atoms with Gasteiger partial charge in [-0.15, -0.1) is 6.58 Å². The van der Waals surface area contributed by atoms with E-state index >= 15 is 0 Å². The number of aliphatic carboxylic acids is 1. The highest BCUT2D eigenvalue weighted by Gasteiger charge is 2.71. The lowest BCUT2D eigenvalue weighted by Gasteiger charge is -2.33. The van der Waals surface area contributed by atoms with E-state index in [9.17, 15) is 14.7 Å². The number of carboxylic acid groups (broad SMARTS) is 1. The third kappa shape index (κ3) is 2.19. The third-order valence-electron chi connectivity index (χ3n) is 5.34. The molecule has 5 atom stereocenters. The molecule has 0 aromatic heterocycles. The van der Waals surface area contributed by atoms with Crippen LogP contribution in [0.3, 0.4) is 0 Å². The molecule has 130 valence electrons. The summed E-state index contributed by atoms with van der Waals surface area (Å²) < 4.78 is 6.10. The molecule has 5 nitrogen and oxygen atoms in total. The molecule has 4 rings (SSSR count).